The van der Waals surface area contributed by atoms with E-state index in [2.05, 4.69) is 15.3 Å². The van der Waals surface area contributed by atoms with Crippen LogP contribution in [0.25, 0.3) is 11.0 Å². The van der Waals surface area contributed by atoms with Gasteiger partial charge in [-0.05, 0) is 34.7 Å². The molecule has 0 spiro atoms. The summed E-state index contributed by atoms with van der Waals surface area (Å²) >= 11 is 3.59. The van der Waals surface area contributed by atoms with E-state index in [1.165, 1.54) is 0 Å². The van der Waals surface area contributed by atoms with Crippen LogP contribution in [0.4, 0.5) is 13.2 Å². The summed E-state index contributed by atoms with van der Waals surface area (Å²) < 4.78 is 38.8. The fraction of sp³-hybridized carbons (Fsp3) is 0.364. The minimum Gasteiger partial charge on any atom is -0.340 e. The molecule has 19 heavy (non-hydrogen) atoms. The average molecular weight is 399 g/mol. The number of benzene rings is 1. The summed E-state index contributed by atoms with van der Waals surface area (Å²) in [5.74, 6) is 1.67. The highest BCUT2D eigenvalue weighted by Gasteiger charge is 2.32. The molecule has 3 nitrogen and oxygen atoms in total. The van der Waals surface area contributed by atoms with Crippen LogP contribution in [0.2, 0.25) is 0 Å². The molecule has 1 saturated heterocycles. The zero-order valence-electron chi connectivity index (χ0n) is 9.51. The SMILES string of the molecule is FC(F)(F)c1cc(I)c2nc(C3NCCS3)[nH]c2c1. The van der Waals surface area contributed by atoms with E-state index in [4.69, 9.17) is 0 Å². The van der Waals surface area contributed by atoms with E-state index in [0.717, 1.165) is 24.4 Å². The van der Waals surface area contributed by atoms with Crippen molar-refractivity contribution in [2.75, 3.05) is 12.3 Å². The van der Waals surface area contributed by atoms with Crippen LogP contribution in [0.15, 0.2) is 12.1 Å². The Morgan fingerprint density at radius 3 is 2.79 bits per heavy atom. The first-order valence-corrected chi connectivity index (χ1v) is 7.69. The van der Waals surface area contributed by atoms with Gasteiger partial charge in [-0.25, -0.2) is 4.98 Å². The number of hydrogen-bond acceptors (Lipinski definition) is 3. The van der Waals surface area contributed by atoms with Crippen LogP contribution in [0.1, 0.15) is 16.8 Å². The minimum atomic E-state index is -4.33. The van der Waals surface area contributed by atoms with Gasteiger partial charge in [0.15, 0.2) is 0 Å². The first-order valence-electron chi connectivity index (χ1n) is 5.56. The van der Waals surface area contributed by atoms with Crippen LogP contribution in [0.3, 0.4) is 0 Å². The van der Waals surface area contributed by atoms with E-state index < -0.39 is 11.7 Å². The van der Waals surface area contributed by atoms with Crippen LogP contribution in [0, 0.1) is 3.57 Å². The maximum atomic E-state index is 12.7. The van der Waals surface area contributed by atoms with Gasteiger partial charge < -0.3 is 4.98 Å². The molecular weight excluding hydrogens is 390 g/mol. The molecule has 2 N–H and O–H groups in total. The zero-order valence-corrected chi connectivity index (χ0v) is 12.5. The Bertz CT molecular complexity index is 619. The standard InChI is InChI=1S/C11H9F3IN3S/c12-11(13,14)5-3-6(15)8-7(4-5)17-9(18-8)10-16-1-2-19-10/h3-4,10,16H,1-2H2,(H,17,18). The van der Waals surface area contributed by atoms with E-state index in [1.54, 1.807) is 11.8 Å². The molecule has 1 unspecified atom stereocenters. The number of H-pyrrole nitrogens is 1. The number of thioether (sulfide) groups is 1. The molecule has 1 aliphatic heterocycles. The molecule has 1 aromatic carbocycles. The monoisotopic (exact) mass is 399 g/mol. The quantitative estimate of drug-likeness (QED) is 0.722. The van der Waals surface area contributed by atoms with Crippen molar-refractivity contribution in [3.63, 3.8) is 0 Å². The minimum absolute atomic E-state index is 0.0394. The Morgan fingerprint density at radius 1 is 1.37 bits per heavy atom. The molecule has 0 radical (unpaired) electrons. The highest BCUT2D eigenvalue weighted by Crippen LogP contribution is 2.35. The van der Waals surface area contributed by atoms with Crippen molar-refractivity contribution in [1.29, 1.82) is 0 Å². The van der Waals surface area contributed by atoms with Crippen LogP contribution < -0.4 is 5.32 Å². The first-order chi connectivity index (χ1) is 8.95. The number of aromatic amines is 1. The van der Waals surface area contributed by atoms with Crippen molar-refractivity contribution in [3.05, 3.63) is 27.1 Å². The summed E-state index contributed by atoms with van der Waals surface area (Å²) in [4.78, 5) is 7.40. The molecular formula is C11H9F3IN3S. The summed E-state index contributed by atoms with van der Waals surface area (Å²) in [5, 5.41) is 3.28. The molecule has 0 amide bonds. The number of fused-ring (bicyclic) bond motifs is 1. The predicted molar refractivity (Wildman–Crippen MR) is 77.0 cm³/mol. The van der Waals surface area contributed by atoms with Crippen molar-refractivity contribution in [1.82, 2.24) is 15.3 Å². The molecule has 1 aromatic heterocycles. The molecule has 1 aliphatic rings. The van der Waals surface area contributed by atoms with Crippen molar-refractivity contribution < 1.29 is 13.2 Å². The van der Waals surface area contributed by atoms with Gasteiger partial charge in [0.1, 0.15) is 16.7 Å². The Balaban J connectivity index is 2.09. The van der Waals surface area contributed by atoms with Gasteiger partial charge in [0.2, 0.25) is 0 Å². The second-order valence-corrected chi connectivity index (χ2v) is 6.55. The summed E-state index contributed by atoms with van der Waals surface area (Å²) in [6.45, 7) is 0.886. The largest absolute Gasteiger partial charge is 0.416 e. The molecule has 1 fully saturated rings. The molecule has 8 heteroatoms. The lowest BCUT2D eigenvalue weighted by Crippen LogP contribution is -2.13. The molecule has 2 heterocycles. The van der Waals surface area contributed by atoms with Crippen LogP contribution in [-0.2, 0) is 6.18 Å². The number of rotatable bonds is 1. The summed E-state index contributed by atoms with van der Waals surface area (Å²) in [5.41, 5.74) is 0.382. The summed E-state index contributed by atoms with van der Waals surface area (Å²) in [6.07, 6.45) is -4.33. The maximum Gasteiger partial charge on any atom is 0.416 e. The van der Waals surface area contributed by atoms with Gasteiger partial charge in [0.05, 0.1) is 11.1 Å². The van der Waals surface area contributed by atoms with Crippen molar-refractivity contribution >= 4 is 45.4 Å². The van der Waals surface area contributed by atoms with E-state index >= 15 is 0 Å². The van der Waals surface area contributed by atoms with Gasteiger partial charge in [-0.2, -0.15) is 13.2 Å². The first kappa shape index (κ1) is 13.5. The highest BCUT2D eigenvalue weighted by atomic mass is 127. The maximum absolute atomic E-state index is 12.7. The second kappa shape index (κ2) is 4.81. The van der Waals surface area contributed by atoms with E-state index in [-0.39, 0.29) is 5.37 Å². The predicted octanol–water partition coefficient (Wildman–Crippen LogP) is 3.52. The molecule has 102 valence electrons. The third kappa shape index (κ3) is 2.57. The lowest BCUT2D eigenvalue weighted by molar-refractivity contribution is -0.137. The van der Waals surface area contributed by atoms with Crippen molar-refractivity contribution in [2.24, 2.45) is 0 Å². The topological polar surface area (TPSA) is 40.7 Å². The number of hydrogen-bond donors (Lipinski definition) is 2. The average Bonchev–Trinajstić information content (AvgIpc) is 2.95. The number of alkyl halides is 3. The Morgan fingerprint density at radius 2 is 2.16 bits per heavy atom. The number of nitrogens with one attached hydrogen (secondary N) is 2. The summed E-state index contributed by atoms with van der Waals surface area (Å²) in [6, 6.07) is 2.25. The Hall–Kier alpha value is -0.480. The number of nitrogens with zero attached hydrogens (tertiary/aromatic N) is 1. The lowest BCUT2D eigenvalue weighted by atomic mass is 10.2. The molecule has 0 aliphatic carbocycles. The van der Waals surface area contributed by atoms with Gasteiger partial charge in [-0.1, -0.05) is 0 Å². The fourth-order valence-electron chi connectivity index (χ4n) is 1.98. The molecule has 2 aromatic rings. The second-order valence-electron chi connectivity index (χ2n) is 4.18. The van der Waals surface area contributed by atoms with Gasteiger partial charge in [-0.3, -0.25) is 5.32 Å². The normalized spacial score (nSPS) is 20.3. The van der Waals surface area contributed by atoms with Crippen LogP contribution >= 0.6 is 34.4 Å². The van der Waals surface area contributed by atoms with Crippen LogP contribution in [0.5, 0.6) is 0 Å². The third-order valence-corrected chi connectivity index (χ3v) is 4.84. The van der Waals surface area contributed by atoms with Gasteiger partial charge >= 0.3 is 6.18 Å². The van der Waals surface area contributed by atoms with Crippen LogP contribution in [-0.4, -0.2) is 22.3 Å². The summed E-state index contributed by atoms with van der Waals surface area (Å²) in [7, 11) is 0. The van der Waals surface area contributed by atoms with Crippen molar-refractivity contribution in [2.45, 2.75) is 11.6 Å². The number of aromatic nitrogens is 2. The zero-order chi connectivity index (χ0) is 13.6. The molecule has 1 atom stereocenters. The fourth-order valence-corrected chi connectivity index (χ4v) is 3.71. The van der Waals surface area contributed by atoms with Crippen molar-refractivity contribution in [3.8, 4) is 0 Å². The smallest absolute Gasteiger partial charge is 0.340 e. The van der Waals surface area contributed by atoms with Gasteiger partial charge in [-0.15, -0.1) is 11.8 Å². The highest BCUT2D eigenvalue weighted by molar-refractivity contribution is 14.1. The number of imidazole rings is 1. The Kier molecular flexibility index (Phi) is 3.42. The van der Waals surface area contributed by atoms with Gasteiger partial charge in [0, 0.05) is 15.9 Å². The molecule has 3 rings (SSSR count). The lowest BCUT2D eigenvalue weighted by Gasteiger charge is -2.06. The van der Waals surface area contributed by atoms with Gasteiger partial charge in [0.25, 0.3) is 0 Å². The van der Waals surface area contributed by atoms with E-state index in [1.807, 2.05) is 22.6 Å². The molecule has 0 saturated carbocycles. The Labute approximate surface area is 124 Å². The number of halogens is 4. The third-order valence-electron chi connectivity index (χ3n) is 2.85. The van der Waals surface area contributed by atoms with E-state index in [0.29, 0.717) is 20.4 Å². The van der Waals surface area contributed by atoms with E-state index in [9.17, 15) is 13.2 Å². The molecule has 0 bridgehead atoms.